The largest absolute Gasteiger partial charge is 0.493 e. The van der Waals surface area contributed by atoms with Crippen LogP contribution in [0.4, 0.5) is 0 Å². The molecule has 0 aliphatic heterocycles. The van der Waals surface area contributed by atoms with Gasteiger partial charge in [0.05, 0.1) is 6.61 Å². The van der Waals surface area contributed by atoms with Crippen LogP contribution in [0.25, 0.3) is 0 Å². The molecule has 1 unspecified atom stereocenters. The molecular formula is C18H24N2O2S. The first kappa shape index (κ1) is 17.5. The highest BCUT2D eigenvalue weighted by Gasteiger charge is 2.12. The van der Waals surface area contributed by atoms with E-state index in [1.54, 1.807) is 17.4 Å². The Balaban J connectivity index is 1.96. The lowest BCUT2D eigenvalue weighted by Gasteiger charge is -2.15. The van der Waals surface area contributed by atoms with E-state index >= 15 is 0 Å². The number of carbonyl (C=O) groups is 1. The second kappa shape index (κ2) is 8.70. The van der Waals surface area contributed by atoms with Gasteiger partial charge in [0.1, 0.15) is 5.75 Å². The van der Waals surface area contributed by atoms with Crippen LogP contribution in [0.15, 0.2) is 35.0 Å². The maximum absolute atomic E-state index is 12.4. The van der Waals surface area contributed by atoms with Crippen molar-refractivity contribution in [1.82, 2.24) is 5.32 Å². The number of benzene rings is 1. The fourth-order valence-corrected chi connectivity index (χ4v) is 2.96. The fraction of sp³-hybridized carbons (Fsp3) is 0.389. The number of rotatable bonds is 8. The van der Waals surface area contributed by atoms with E-state index < -0.39 is 0 Å². The predicted octanol–water partition coefficient (Wildman–Crippen LogP) is 3.15. The van der Waals surface area contributed by atoms with Crippen molar-refractivity contribution in [3.8, 4) is 5.75 Å². The second-order valence-corrected chi connectivity index (χ2v) is 6.46. The monoisotopic (exact) mass is 332 g/mol. The van der Waals surface area contributed by atoms with E-state index in [9.17, 15) is 4.79 Å². The van der Waals surface area contributed by atoms with Gasteiger partial charge in [0.15, 0.2) is 0 Å². The average molecular weight is 332 g/mol. The van der Waals surface area contributed by atoms with Crippen LogP contribution in [0.2, 0.25) is 0 Å². The Kier molecular flexibility index (Phi) is 6.62. The molecule has 1 atom stereocenters. The molecule has 4 nitrogen and oxygen atoms in total. The highest BCUT2D eigenvalue weighted by Crippen LogP contribution is 2.20. The number of carbonyl (C=O) groups excluding carboxylic acids is 1. The number of hydrogen-bond acceptors (Lipinski definition) is 4. The zero-order chi connectivity index (χ0) is 16.7. The summed E-state index contributed by atoms with van der Waals surface area (Å²) in [6.07, 6.45) is 1.63. The molecular weight excluding hydrogens is 308 g/mol. The molecule has 1 aromatic heterocycles. The van der Waals surface area contributed by atoms with Gasteiger partial charge in [0.25, 0.3) is 5.91 Å². The Morgan fingerprint density at radius 1 is 1.39 bits per heavy atom. The van der Waals surface area contributed by atoms with Crippen molar-refractivity contribution in [1.29, 1.82) is 0 Å². The van der Waals surface area contributed by atoms with Crippen molar-refractivity contribution in [2.45, 2.75) is 32.7 Å². The third-order valence-corrected chi connectivity index (χ3v) is 4.29. The van der Waals surface area contributed by atoms with Gasteiger partial charge >= 0.3 is 0 Å². The number of aryl methyl sites for hydroxylation is 1. The van der Waals surface area contributed by atoms with Crippen LogP contribution in [-0.4, -0.2) is 25.1 Å². The maximum atomic E-state index is 12.4. The third-order valence-electron chi connectivity index (χ3n) is 3.56. The highest BCUT2D eigenvalue weighted by atomic mass is 32.1. The summed E-state index contributed by atoms with van der Waals surface area (Å²) in [6.45, 7) is 5.15. The molecule has 23 heavy (non-hydrogen) atoms. The van der Waals surface area contributed by atoms with Gasteiger partial charge in [-0.2, -0.15) is 11.3 Å². The minimum Gasteiger partial charge on any atom is -0.493 e. The van der Waals surface area contributed by atoms with Crippen molar-refractivity contribution < 1.29 is 9.53 Å². The van der Waals surface area contributed by atoms with Gasteiger partial charge in [0, 0.05) is 11.6 Å². The molecule has 0 aliphatic carbocycles. The maximum Gasteiger partial charge on any atom is 0.251 e. The van der Waals surface area contributed by atoms with E-state index in [1.807, 2.05) is 26.0 Å². The van der Waals surface area contributed by atoms with Gasteiger partial charge < -0.3 is 15.8 Å². The summed E-state index contributed by atoms with van der Waals surface area (Å²) >= 11 is 1.67. The van der Waals surface area contributed by atoms with Crippen molar-refractivity contribution in [3.05, 3.63) is 51.7 Å². The number of nitrogens with one attached hydrogen (secondary N) is 1. The molecule has 5 heteroatoms. The first-order valence-corrected chi connectivity index (χ1v) is 8.80. The predicted molar refractivity (Wildman–Crippen MR) is 95.3 cm³/mol. The zero-order valence-electron chi connectivity index (χ0n) is 13.7. The summed E-state index contributed by atoms with van der Waals surface area (Å²) in [5.41, 5.74) is 8.36. The van der Waals surface area contributed by atoms with Gasteiger partial charge in [-0.05, 0) is 73.3 Å². The number of ether oxygens (including phenoxy) is 1. The molecule has 2 rings (SSSR count). The molecule has 2 aromatic rings. The summed E-state index contributed by atoms with van der Waals surface area (Å²) in [4.78, 5) is 12.4. The molecule has 3 N–H and O–H groups in total. The van der Waals surface area contributed by atoms with E-state index in [2.05, 4.69) is 22.1 Å². The van der Waals surface area contributed by atoms with Crippen molar-refractivity contribution in [2.75, 3.05) is 13.2 Å². The number of hydrogen-bond donors (Lipinski definition) is 2. The van der Waals surface area contributed by atoms with Gasteiger partial charge in [-0.15, -0.1) is 0 Å². The SMILES string of the molecule is Cc1ccc(C(=O)NC(C)Cc2ccsc2)cc1OCCCN. The van der Waals surface area contributed by atoms with Gasteiger partial charge in [-0.1, -0.05) is 6.07 Å². The molecule has 0 aliphatic rings. The Labute approximate surface area is 141 Å². The highest BCUT2D eigenvalue weighted by molar-refractivity contribution is 7.07. The average Bonchev–Trinajstić information content (AvgIpc) is 3.02. The number of thiophene rings is 1. The molecule has 1 amide bonds. The molecule has 0 bridgehead atoms. The Morgan fingerprint density at radius 3 is 2.91 bits per heavy atom. The van der Waals surface area contributed by atoms with E-state index in [0.717, 1.165) is 24.2 Å². The molecule has 1 aromatic carbocycles. The lowest BCUT2D eigenvalue weighted by Crippen LogP contribution is -2.34. The topological polar surface area (TPSA) is 64.3 Å². The van der Waals surface area contributed by atoms with Gasteiger partial charge in [-0.3, -0.25) is 4.79 Å². The van der Waals surface area contributed by atoms with E-state index in [-0.39, 0.29) is 11.9 Å². The quantitative estimate of drug-likeness (QED) is 0.730. The van der Waals surface area contributed by atoms with Crippen LogP contribution >= 0.6 is 11.3 Å². The normalized spacial score (nSPS) is 12.0. The Hall–Kier alpha value is -1.85. The van der Waals surface area contributed by atoms with Crippen LogP contribution in [0, 0.1) is 6.92 Å². The van der Waals surface area contributed by atoms with Crippen molar-refractivity contribution >= 4 is 17.2 Å². The smallest absolute Gasteiger partial charge is 0.251 e. The fourth-order valence-electron chi connectivity index (χ4n) is 2.28. The summed E-state index contributed by atoms with van der Waals surface area (Å²) in [7, 11) is 0. The molecule has 0 radical (unpaired) electrons. The van der Waals surface area contributed by atoms with Gasteiger partial charge in [-0.25, -0.2) is 0 Å². The number of amides is 1. The number of nitrogens with two attached hydrogens (primary N) is 1. The van der Waals surface area contributed by atoms with Crippen LogP contribution in [-0.2, 0) is 6.42 Å². The Bertz CT molecular complexity index is 626. The summed E-state index contributed by atoms with van der Waals surface area (Å²) < 4.78 is 5.70. The molecule has 0 spiro atoms. The summed E-state index contributed by atoms with van der Waals surface area (Å²) in [5.74, 6) is 0.674. The lowest BCUT2D eigenvalue weighted by molar-refractivity contribution is 0.0939. The van der Waals surface area contributed by atoms with Crippen LogP contribution in [0.3, 0.4) is 0 Å². The van der Waals surface area contributed by atoms with Crippen molar-refractivity contribution in [3.63, 3.8) is 0 Å². The van der Waals surface area contributed by atoms with E-state index in [1.165, 1.54) is 5.56 Å². The summed E-state index contributed by atoms with van der Waals surface area (Å²) in [6, 6.07) is 7.72. The van der Waals surface area contributed by atoms with Crippen molar-refractivity contribution in [2.24, 2.45) is 5.73 Å². The molecule has 0 saturated carbocycles. The second-order valence-electron chi connectivity index (χ2n) is 5.68. The molecule has 0 fully saturated rings. The first-order valence-electron chi connectivity index (χ1n) is 7.85. The lowest BCUT2D eigenvalue weighted by atomic mass is 10.1. The van der Waals surface area contributed by atoms with Gasteiger partial charge in [0.2, 0.25) is 0 Å². The molecule has 124 valence electrons. The molecule has 0 saturated heterocycles. The van der Waals surface area contributed by atoms with Crippen LogP contribution in [0.1, 0.15) is 34.8 Å². The third kappa shape index (κ3) is 5.37. The molecule has 1 heterocycles. The van der Waals surface area contributed by atoms with Crippen LogP contribution < -0.4 is 15.8 Å². The van der Waals surface area contributed by atoms with E-state index in [4.69, 9.17) is 10.5 Å². The van der Waals surface area contributed by atoms with E-state index in [0.29, 0.717) is 18.7 Å². The first-order chi connectivity index (χ1) is 11.1. The zero-order valence-corrected chi connectivity index (χ0v) is 14.5. The summed E-state index contributed by atoms with van der Waals surface area (Å²) in [5, 5.41) is 7.20. The standard InChI is InChI=1S/C18H24N2O2S/c1-13-4-5-16(11-17(13)22-8-3-7-19)18(21)20-14(2)10-15-6-9-23-12-15/h4-6,9,11-12,14H,3,7-8,10,19H2,1-2H3,(H,20,21). The minimum absolute atomic E-state index is 0.0728. The van der Waals surface area contributed by atoms with Crippen LogP contribution in [0.5, 0.6) is 5.75 Å². The Morgan fingerprint density at radius 2 is 2.22 bits per heavy atom. The minimum atomic E-state index is -0.0728.